The highest BCUT2D eigenvalue weighted by atomic mass is 15.2. The number of nitrogens with one attached hydrogen (secondary N) is 2. The Morgan fingerprint density at radius 1 is 1.38 bits per heavy atom. The summed E-state index contributed by atoms with van der Waals surface area (Å²) in [6.45, 7) is 7.19. The maximum Gasteiger partial charge on any atom is 0.128 e. The molecule has 1 aromatic rings. The second kappa shape index (κ2) is 5.27. The monoisotopic (exact) mass is 220 g/mol. The average molecular weight is 220 g/mol. The fraction of sp³-hybridized carbons (Fsp3) is 0.583. The maximum absolute atomic E-state index is 4.67. The van der Waals surface area contributed by atoms with Gasteiger partial charge in [0, 0.05) is 38.4 Å². The second-order valence-corrected chi connectivity index (χ2v) is 4.18. The van der Waals surface area contributed by atoms with Gasteiger partial charge in [0.1, 0.15) is 5.82 Å². The molecular formula is C12H20N4. The van der Waals surface area contributed by atoms with Gasteiger partial charge in [0.2, 0.25) is 0 Å². The van der Waals surface area contributed by atoms with Crippen LogP contribution in [-0.2, 0) is 6.54 Å². The summed E-state index contributed by atoms with van der Waals surface area (Å²) in [5.41, 5.74) is 2.41. The normalized spacial score (nSPS) is 16.5. The Hall–Kier alpha value is -1.13. The molecular weight excluding hydrogens is 200 g/mol. The predicted octanol–water partition coefficient (Wildman–Crippen LogP) is 0.519. The van der Waals surface area contributed by atoms with E-state index in [0.717, 1.165) is 44.2 Å². The molecule has 1 fully saturated rings. The molecule has 0 bridgehead atoms. The van der Waals surface area contributed by atoms with Crippen LogP contribution in [0.3, 0.4) is 0 Å². The van der Waals surface area contributed by atoms with Crippen molar-refractivity contribution in [2.24, 2.45) is 0 Å². The highest BCUT2D eigenvalue weighted by molar-refractivity contribution is 5.42. The van der Waals surface area contributed by atoms with Gasteiger partial charge in [-0.3, -0.25) is 0 Å². The van der Waals surface area contributed by atoms with Crippen LogP contribution in [0, 0.1) is 6.92 Å². The van der Waals surface area contributed by atoms with Crippen molar-refractivity contribution in [2.75, 3.05) is 38.1 Å². The van der Waals surface area contributed by atoms with E-state index < -0.39 is 0 Å². The number of hydrogen-bond donors (Lipinski definition) is 2. The molecule has 2 N–H and O–H groups in total. The molecule has 0 unspecified atom stereocenters. The Morgan fingerprint density at radius 2 is 2.12 bits per heavy atom. The van der Waals surface area contributed by atoms with E-state index in [0.29, 0.717) is 0 Å². The molecule has 1 aliphatic rings. The molecule has 0 saturated carbocycles. The van der Waals surface area contributed by atoms with Crippen molar-refractivity contribution in [1.29, 1.82) is 0 Å². The topological polar surface area (TPSA) is 40.2 Å². The van der Waals surface area contributed by atoms with Gasteiger partial charge in [-0.15, -0.1) is 0 Å². The van der Waals surface area contributed by atoms with Gasteiger partial charge in [-0.25, -0.2) is 4.98 Å². The summed E-state index contributed by atoms with van der Waals surface area (Å²) in [5, 5.41) is 6.51. The van der Waals surface area contributed by atoms with Crippen molar-refractivity contribution >= 4 is 5.82 Å². The van der Waals surface area contributed by atoms with Crippen LogP contribution in [-0.4, -0.2) is 38.2 Å². The smallest absolute Gasteiger partial charge is 0.128 e. The largest absolute Gasteiger partial charge is 0.354 e. The van der Waals surface area contributed by atoms with Gasteiger partial charge in [-0.2, -0.15) is 0 Å². The lowest BCUT2D eigenvalue weighted by Gasteiger charge is -2.28. The number of nitrogens with zero attached hydrogens (tertiary/aromatic N) is 2. The Bertz CT molecular complexity index is 345. The van der Waals surface area contributed by atoms with E-state index in [1.165, 1.54) is 5.56 Å². The first kappa shape index (κ1) is 11.4. The maximum atomic E-state index is 4.67. The summed E-state index contributed by atoms with van der Waals surface area (Å²) in [7, 11) is 1.96. The van der Waals surface area contributed by atoms with E-state index >= 15 is 0 Å². The highest BCUT2D eigenvalue weighted by Crippen LogP contribution is 2.15. The fourth-order valence-electron chi connectivity index (χ4n) is 2.02. The average Bonchev–Trinajstić information content (AvgIpc) is 2.33. The molecule has 0 spiro atoms. The zero-order valence-electron chi connectivity index (χ0n) is 10.1. The Kier molecular flexibility index (Phi) is 3.74. The Labute approximate surface area is 97.1 Å². The molecule has 0 aliphatic carbocycles. The number of aryl methyl sites for hydroxylation is 1. The van der Waals surface area contributed by atoms with Crippen molar-refractivity contribution in [3.8, 4) is 0 Å². The summed E-state index contributed by atoms with van der Waals surface area (Å²) in [6.07, 6.45) is 0. The number of anilines is 1. The molecule has 0 aromatic carbocycles. The van der Waals surface area contributed by atoms with Crippen LogP contribution in [0.1, 0.15) is 11.3 Å². The van der Waals surface area contributed by atoms with Crippen LogP contribution in [0.25, 0.3) is 0 Å². The molecule has 88 valence electrons. The van der Waals surface area contributed by atoms with Crippen LogP contribution in [0.2, 0.25) is 0 Å². The van der Waals surface area contributed by atoms with Gasteiger partial charge in [0.25, 0.3) is 0 Å². The van der Waals surface area contributed by atoms with E-state index in [4.69, 9.17) is 0 Å². The number of rotatable bonds is 3. The van der Waals surface area contributed by atoms with Crippen molar-refractivity contribution < 1.29 is 0 Å². The quantitative estimate of drug-likeness (QED) is 0.779. The molecule has 0 atom stereocenters. The van der Waals surface area contributed by atoms with Crippen molar-refractivity contribution in [1.82, 2.24) is 15.6 Å². The minimum atomic E-state index is 0.890. The Morgan fingerprint density at radius 3 is 2.75 bits per heavy atom. The minimum absolute atomic E-state index is 0.890. The third-order valence-corrected chi connectivity index (χ3v) is 2.99. The zero-order valence-corrected chi connectivity index (χ0v) is 10.1. The summed E-state index contributed by atoms with van der Waals surface area (Å²) in [4.78, 5) is 7.01. The lowest BCUT2D eigenvalue weighted by molar-refractivity contribution is 0.584. The van der Waals surface area contributed by atoms with Crippen LogP contribution in [0.5, 0.6) is 0 Å². The van der Waals surface area contributed by atoms with Gasteiger partial charge < -0.3 is 15.5 Å². The molecule has 1 aromatic heterocycles. The van der Waals surface area contributed by atoms with Crippen molar-refractivity contribution in [2.45, 2.75) is 13.5 Å². The Balaban J connectivity index is 2.13. The number of hydrogen-bond acceptors (Lipinski definition) is 4. The lowest BCUT2D eigenvalue weighted by Crippen LogP contribution is -2.43. The molecule has 1 saturated heterocycles. The van der Waals surface area contributed by atoms with E-state index in [9.17, 15) is 0 Å². The van der Waals surface area contributed by atoms with E-state index in [1.54, 1.807) is 0 Å². The molecule has 4 nitrogen and oxygen atoms in total. The van der Waals surface area contributed by atoms with Crippen molar-refractivity contribution in [3.05, 3.63) is 23.4 Å². The van der Waals surface area contributed by atoms with Gasteiger partial charge in [0.05, 0.1) is 0 Å². The minimum Gasteiger partial charge on any atom is -0.354 e. The third-order valence-electron chi connectivity index (χ3n) is 2.99. The predicted molar refractivity (Wildman–Crippen MR) is 66.8 cm³/mol. The molecule has 2 heterocycles. The molecule has 1 aliphatic heterocycles. The molecule has 2 rings (SSSR count). The summed E-state index contributed by atoms with van der Waals surface area (Å²) < 4.78 is 0. The summed E-state index contributed by atoms with van der Waals surface area (Å²) in [5.74, 6) is 1.11. The third kappa shape index (κ3) is 2.51. The molecule has 4 heteroatoms. The number of piperazine rings is 1. The second-order valence-electron chi connectivity index (χ2n) is 4.18. The zero-order chi connectivity index (χ0) is 11.4. The van der Waals surface area contributed by atoms with E-state index in [2.05, 4.69) is 39.6 Å². The van der Waals surface area contributed by atoms with Crippen LogP contribution in [0.15, 0.2) is 12.1 Å². The number of pyridine rings is 1. The van der Waals surface area contributed by atoms with Crippen LogP contribution < -0.4 is 15.5 Å². The van der Waals surface area contributed by atoms with Crippen molar-refractivity contribution in [3.63, 3.8) is 0 Å². The van der Waals surface area contributed by atoms with Gasteiger partial charge in [0.15, 0.2) is 0 Å². The highest BCUT2D eigenvalue weighted by Gasteiger charge is 2.12. The molecule has 0 amide bonds. The summed E-state index contributed by atoms with van der Waals surface area (Å²) in [6, 6.07) is 4.31. The fourth-order valence-corrected chi connectivity index (χ4v) is 2.02. The molecule has 0 radical (unpaired) electrons. The van der Waals surface area contributed by atoms with E-state index in [-0.39, 0.29) is 0 Å². The first-order chi connectivity index (χ1) is 7.81. The van der Waals surface area contributed by atoms with Crippen LogP contribution >= 0.6 is 0 Å². The summed E-state index contributed by atoms with van der Waals surface area (Å²) >= 11 is 0. The van der Waals surface area contributed by atoms with Gasteiger partial charge >= 0.3 is 0 Å². The number of aromatic nitrogens is 1. The lowest BCUT2D eigenvalue weighted by atomic mass is 10.2. The first-order valence-corrected chi connectivity index (χ1v) is 5.88. The SMILES string of the molecule is CNCc1ccc(N2CCNCC2)nc1C. The first-order valence-electron chi connectivity index (χ1n) is 5.88. The van der Waals surface area contributed by atoms with Gasteiger partial charge in [-0.05, 0) is 25.6 Å². The molecule has 16 heavy (non-hydrogen) atoms. The van der Waals surface area contributed by atoms with E-state index in [1.807, 2.05) is 7.05 Å². The van der Waals surface area contributed by atoms with Gasteiger partial charge in [-0.1, -0.05) is 6.07 Å². The standard InChI is InChI=1S/C12H20N4/c1-10-11(9-13-2)3-4-12(15-10)16-7-5-14-6-8-16/h3-4,13-14H,5-9H2,1-2H3. The van der Waals surface area contributed by atoms with Crippen LogP contribution in [0.4, 0.5) is 5.82 Å².